The third-order valence-corrected chi connectivity index (χ3v) is 5.61. The van der Waals surface area contributed by atoms with Gasteiger partial charge in [-0.2, -0.15) is 0 Å². The molecule has 2 fully saturated rings. The molecule has 6 nitrogen and oxygen atoms in total. The minimum absolute atomic E-state index is 0.551. The smallest absolute Gasteiger partial charge is 0.192 e. The van der Waals surface area contributed by atoms with E-state index in [1.54, 1.807) is 0 Å². The van der Waals surface area contributed by atoms with Crippen molar-refractivity contribution in [3.63, 3.8) is 0 Å². The minimum atomic E-state index is 0.551. The van der Waals surface area contributed by atoms with Gasteiger partial charge in [-0.3, -0.25) is 0 Å². The Balaban J connectivity index is 1.63. The number of guanidine groups is 1. The molecule has 0 aliphatic heterocycles. The SMILES string of the molecule is Cc1nnc(CN=C(NC2CCCC2)NC2CCC(C)CC2)n1C. The zero-order valence-electron chi connectivity index (χ0n) is 15.4. The lowest BCUT2D eigenvalue weighted by atomic mass is 9.87. The Hall–Kier alpha value is -1.59. The van der Waals surface area contributed by atoms with Gasteiger partial charge >= 0.3 is 0 Å². The summed E-state index contributed by atoms with van der Waals surface area (Å²) >= 11 is 0. The summed E-state index contributed by atoms with van der Waals surface area (Å²) in [5.41, 5.74) is 0. The average Bonchev–Trinajstić information content (AvgIpc) is 3.19. The quantitative estimate of drug-likeness (QED) is 0.657. The van der Waals surface area contributed by atoms with Crippen molar-refractivity contribution in [3.05, 3.63) is 11.6 Å². The van der Waals surface area contributed by atoms with Gasteiger partial charge < -0.3 is 15.2 Å². The summed E-state index contributed by atoms with van der Waals surface area (Å²) in [6, 6.07) is 1.12. The Morgan fingerprint density at radius 2 is 1.67 bits per heavy atom. The molecule has 0 spiro atoms. The maximum Gasteiger partial charge on any atom is 0.192 e. The summed E-state index contributed by atoms with van der Waals surface area (Å²) in [7, 11) is 2.00. The van der Waals surface area contributed by atoms with Gasteiger partial charge in [0.1, 0.15) is 12.4 Å². The number of hydrogen-bond donors (Lipinski definition) is 2. The number of rotatable bonds is 4. The van der Waals surface area contributed by atoms with E-state index in [4.69, 9.17) is 4.99 Å². The first-order chi connectivity index (χ1) is 11.6. The molecule has 6 heteroatoms. The van der Waals surface area contributed by atoms with Crippen molar-refractivity contribution in [3.8, 4) is 0 Å². The van der Waals surface area contributed by atoms with Crippen molar-refractivity contribution in [2.24, 2.45) is 18.0 Å². The van der Waals surface area contributed by atoms with Crippen LogP contribution in [0, 0.1) is 12.8 Å². The number of nitrogens with zero attached hydrogens (tertiary/aromatic N) is 4. The van der Waals surface area contributed by atoms with E-state index < -0.39 is 0 Å². The normalized spacial score (nSPS) is 25.9. The van der Waals surface area contributed by atoms with E-state index in [1.165, 1.54) is 51.4 Å². The van der Waals surface area contributed by atoms with Crippen LogP contribution < -0.4 is 10.6 Å². The van der Waals surface area contributed by atoms with Gasteiger partial charge in [0.15, 0.2) is 11.8 Å². The fourth-order valence-corrected chi connectivity index (χ4v) is 3.73. The van der Waals surface area contributed by atoms with E-state index in [-0.39, 0.29) is 0 Å². The average molecular weight is 332 g/mol. The molecule has 1 heterocycles. The second-order valence-corrected chi connectivity index (χ2v) is 7.61. The van der Waals surface area contributed by atoms with Gasteiger partial charge in [-0.05, 0) is 51.4 Å². The molecule has 0 amide bonds. The molecule has 0 bridgehead atoms. The van der Waals surface area contributed by atoms with Gasteiger partial charge in [0.05, 0.1) is 0 Å². The van der Waals surface area contributed by atoms with E-state index in [0.29, 0.717) is 18.6 Å². The molecule has 2 saturated carbocycles. The Morgan fingerprint density at radius 3 is 2.25 bits per heavy atom. The number of aliphatic imine (C=N–C) groups is 1. The molecule has 0 unspecified atom stereocenters. The van der Waals surface area contributed by atoms with Crippen LogP contribution in [-0.4, -0.2) is 32.8 Å². The molecular weight excluding hydrogens is 300 g/mol. The molecule has 24 heavy (non-hydrogen) atoms. The molecule has 134 valence electrons. The second-order valence-electron chi connectivity index (χ2n) is 7.61. The van der Waals surface area contributed by atoms with E-state index in [9.17, 15) is 0 Å². The summed E-state index contributed by atoms with van der Waals surface area (Å²) in [5, 5.41) is 15.7. The van der Waals surface area contributed by atoms with Crippen molar-refractivity contribution in [2.75, 3.05) is 0 Å². The lowest BCUT2D eigenvalue weighted by molar-refractivity contribution is 0.328. The Morgan fingerprint density at radius 1 is 1.04 bits per heavy atom. The molecule has 0 aromatic carbocycles. The summed E-state index contributed by atoms with van der Waals surface area (Å²) < 4.78 is 2.01. The molecule has 0 radical (unpaired) electrons. The Labute approximate surface area is 145 Å². The lowest BCUT2D eigenvalue weighted by Gasteiger charge is -2.29. The molecule has 1 aromatic heterocycles. The van der Waals surface area contributed by atoms with Gasteiger partial charge in [-0.15, -0.1) is 10.2 Å². The highest BCUT2D eigenvalue weighted by Gasteiger charge is 2.21. The van der Waals surface area contributed by atoms with E-state index in [1.807, 2.05) is 18.5 Å². The van der Waals surface area contributed by atoms with Gasteiger partial charge in [-0.1, -0.05) is 19.8 Å². The van der Waals surface area contributed by atoms with Crippen molar-refractivity contribution < 1.29 is 0 Å². The Bertz CT molecular complexity index is 550. The van der Waals surface area contributed by atoms with Gasteiger partial charge in [0.25, 0.3) is 0 Å². The maximum atomic E-state index is 4.82. The molecular formula is C18H32N6. The van der Waals surface area contributed by atoms with Crippen molar-refractivity contribution >= 4 is 5.96 Å². The molecule has 0 atom stereocenters. The predicted octanol–water partition coefficient (Wildman–Crippen LogP) is 2.68. The summed E-state index contributed by atoms with van der Waals surface area (Å²) in [6.07, 6.45) is 10.3. The van der Waals surface area contributed by atoms with Crippen LogP contribution in [0.5, 0.6) is 0 Å². The number of aryl methyl sites for hydroxylation is 1. The van der Waals surface area contributed by atoms with Crippen LogP contribution in [0.25, 0.3) is 0 Å². The summed E-state index contributed by atoms with van der Waals surface area (Å²) in [5.74, 6) is 3.67. The molecule has 2 aliphatic rings. The largest absolute Gasteiger partial charge is 0.354 e. The number of hydrogen-bond acceptors (Lipinski definition) is 3. The van der Waals surface area contributed by atoms with E-state index in [2.05, 4.69) is 27.8 Å². The van der Waals surface area contributed by atoms with Crippen LogP contribution in [-0.2, 0) is 13.6 Å². The highest BCUT2D eigenvalue weighted by molar-refractivity contribution is 5.80. The van der Waals surface area contributed by atoms with Gasteiger partial charge in [0, 0.05) is 19.1 Å². The third kappa shape index (κ3) is 4.48. The summed E-state index contributed by atoms with van der Waals surface area (Å²) in [4.78, 5) is 4.82. The summed E-state index contributed by atoms with van der Waals surface area (Å²) in [6.45, 7) is 4.90. The van der Waals surface area contributed by atoms with Gasteiger partial charge in [0.2, 0.25) is 0 Å². The van der Waals surface area contributed by atoms with Crippen molar-refractivity contribution in [2.45, 2.75) is 83.8 Å². The fraction of sp³-hybridized carbons (Fsp3) is 0.833. The first-order valence-electron chi connectivity index (χ1n) is 9.54. The molecule has 3 rings (SSSR count). The highest BCUT2D eigenvalue weighted by Crippen LogP contribution is 2.23. The predicted molar refractivity (Wildman–Crippen MR) is 96.8 cm³/mol. The van der Waals surface area contributed by atoms with Crippen LogP contribution in [0.2, 0.25) is 0 Å². The monoisotopic (exact) mass is 332 g/mol. The first-order valence-corrected chi connectivity index (χ1v) is 9.54. The maximum absolute atomic E-state index is 4.82. The highest BCUT2D eigenvalue weighted by atomic mass is 15.3. The molecule has 2 N–H and O–H groups in total. The lowest BCUT2D eigenvalue weighted by Crippen LogP contribution is -2.47. The Kier molecular flexibility index (Phi) is 5.74. The van der Waals surface area contributed by atoms with Crippen molar-refractivity contribution in [1.82, 2.24) is 25.4 Å². The zero-order valence-corrected chi connectivity index (χ0v) is 15.4. The standard InChI is InChI=1S/C18H32N6/c1-13-8-10-16(11-9-13)21-18(20-15-6-4-5-7-15)19-12-17-23-22-14(2)24(17)3/h13,15-16H,4-12H2,1-3H3,(H2,19,20,21). The van der Waals surface area contributed by atoms with E-state index >= 15 is 0 Å². The molecule has 0 saturated heterocycles. The van der Waals surface area contributed by atoms with Crippen LogP contribution in [0.4, 0.5) is 0 Å². The number of nitrogens with one attached hydrogen (secondary N) is 2. The second kappa shape index (κ2) is 7.99. The van der Waals surface area contributed by atoms with E-state index in [0.717, 1.165) is 23.5 Å². The first kappa shape index (κ1) is 17.2. The van der Waals surface area contributed by atoms with Crippen LogP contribution in [0.3, 0.4) is 0 Å². The molecule has 2 aliphatic carbocycles. The van der Waals surface area contributed by atoms with Crippen LogP contribution in [0.15, 0.2) is 4.99 Å². The molecule has 1 aromatic rings. The van der Waals surface area contributed by atoms with Crippen LogP contribution in [0.1, 0.15) is 69.9 Å². The third-order valence-electron chi connectivity index (χ3n) is 5.61. The number of aromatic nitrogens is 3. The topological polar surface area (TPSA) is 67.1 Å². The van der Waals surface area contributed by atoms with Crippen molar-refractivity contribution in [1.29, 1.82) is 0 Å². The van der Waals surface area contributed by atoms with Crippen LogP contribution >= 0.6 is 0 Å². The zero-order chi connectivity index (χ0) is 16.9. The minimum Gasteiger partial charge on any atom is -0.354 e. The van der Waals surface area contributed by atoms with Gasteiger partial charge in [-0.25, -0.2) is 4.99 Å². The fourth-order valence-electron chi connectivity index (χ4n) is 3.73.